The van der Waals surface area contributed by atoms with E-state index in [1.54, 1.807) is 18.2 Å². The molecule has 1 aliphatic heterocycles. The molecule has 0 spiro atoms. The quantitative estimate of drug-likeness (QED) is 0.846. The van der Waals surface area contributed by atoms with Crippen molar-refractivity contribution in [1.82, 2.24) is 4.90 Å². The van der Waals surface area contributed by atoms with Crippen LogP contribution in [0.2, 0.25) is 0 Å². The lowest BCUT2D eigenvalue weighted by molar-refractivity contribution is -0.132. The topological polar surface area (TPSA) is 32.8 Å². The zero-order valence-corrected chi connectivity index (χ0v) is 13.5. The predicted molar refractivity (Wildman–Crippen MR) is 91.7 cm³/mol. The fraction of sp³-hybridized carbons (Fsp3) is 0.316. The van der Waals surface area contributed by atoms with Crippen molar-refractivity contribution in [1.29, 1.82) is 0 Å². The Kier molecular flexibility index (Phi) is 5.31. The van der Waals surface area contributed by atoms with E-state index in [9.17, 15) is 9.18 Å². The number of benzene rings is 2. The van der Waals surface area contributed by atoms with E-state index in [1.807, 2.05) is 23.1 Å². The first-order valence-electron chi connectivity index (χ1n) is 8.19. The van der Waals surface area contributed by atoms with Gasteiger partial charge in [0, 0.05) is 31.9 Å². The van der Waals surface area contributed by atoms with Crippen LogP contribution in [0.5, 0.6) is 5.75 Å². The standard InChI is InChI=1S/C19H21FN2O2/c20-17-8-4-5-9-18(17)24-15-10-19(23)22-13-11-21(12-14-22)16-6-2-1-3-7-16/h1-9H,10-15H2. The highest BCUT2D eigenvalue weighted by Gasteiger charge is 2.21. The number of piperazine rings is 1. The van der Waals surface area contributed by atoms with E-state index in [0.717, 1.165) is 13.1 Å². The summed E-state index contributed by atoms with van der Waals surface area (Å²) in [4.78, 5) is 16.4. The molecule has 2 aromatic rings. The Morgan fingerprint density at radius 2 is 1.62 bits per heavy atom. The van der Waals surface area contributed by atoms with Crippen LogP contribution in [0.15, 0.2) is 54.6 Å². The molecule has 0 bridgehead atoms. The molecule has 0 N–H and O–H groups in total. The van der Waals surface area contributed by atoms with E-state index in [2.05, 4.69) is 17.0 Å². The highest BCUT2D eigenvalue weighted by atomic mass is 19.1. The van der Waals surface area contributed by atoms with E-state index >= 15 is 0 Å². The fourth-order valence-corrected chi connectivity index (χ4v) is 2.82. The molecule has 2 aromatic carbocycles. The van der Waals surface area contributed by atoms with Gasteiger partial charge in [-0.3, -0.25) is 4.79 Å². The van der Waals surface area contributed by atoms with Crippen LogP contribution in [0.4, 0.5) is 10.1 Å². The van der Waals surface area contributed by atoms with Gasteiger partial charge in [0.25, 0.3) is 0 Å². The van der Waals surface area contributed by atoms with Crippen molar-refractivity contribution < 1.29 is 13.9 Å². The summed E-state index contributed by atoms with van der Waals surface area (Å²) in [5.41, 5.74) is 1.19. The van der Waals surface area contributed by atoms with Gasteiger partial charge in [0.15, 0.2) is 11.6 Å². The minimum Gasteiger partial charge on any atom is -0.490 e. The SMILES string of the molecule is O=C(CCOc1ccccc1F)N1CCN(c2ccccc2)CC1. The number of carbonyl (C=O) groups excluding carboxylic acids is 1. The molecule has 3 rings (SSSR count). The Labute approximate surface area is 141 Å². The molecule has 0 saturated carbocycles. The molecule has 1 amide bonds. The Morgan fingerprint density at radius 3 is 2.33 bits per heavy atom. The van der Waals surface area contributed by atoms with Crippen LogP contribution in [-0.4, -0.2) is 43.6 Å². The first kappa shape index (κ1) is 16.3. The summed E-state index contributed by atoms with van der Waals surface area (Å²) in [6.07, 6.45) is 0.264. The summed E-state index contributed by atoms with van der Waals surface area (Å²) >= 11 is 0. The van der Waals surface area contributed by atoms with Crippen LogP contribution in [0.1, 0.15) is 6.42 Å². The molecular formula is C19H21FN2O2. The maximum Gasteiger partial charge on any atom is 0.226 e. The maximum absolute atomic E-state index is 13.4. The summed E-state index contributed by atoms with van der Waals surface area (Å²) in [5.74, 6) is -0.153. The lowest BCUT2D eigenvalue weighted by Gasteiger charge is -2.36. The molecule has 0 unspecified atom stereocenters. The van der Waals surface area contributed by atoms with Gasteiger partial charge in [-0.1, -0.05) is 30.3 Å². The molecule has 1 heterocycles. The second-order valence-electron chi connectivity index (χ2n) is 5.73. The molecule has 5 heteroatoms. The highest BCUT2D eigenvalue weighted by Crippen LogP contribution is 2.17. The van der Waals surface area contributed by atoms with Gasteiger partial charge in [0.2, 0.25) is 5.91 Å². The second kappa shape index (κ2) is 7.81. The minimum atomic E-state index is -0.401. The third-order valence-corrected chi connectivity index (χ3v) is 4.16. The Balaban J connectivity index is 1.43. The summed E-state index contributed by atoms with van der Waals surface area (Å²) in [6, 6.07) is 16.4. The third kappa shape index (κ3) is 4.04. The second-order valence-corrected chi connectivity index (χ2v) is 5.73. The number of para-hydroxylation sites is 2. The van der Waals surface area contributed by atoms with Gasteiger partial charge in [-0.05, 0) is 24.3 Å². The predicted octanol–water partition coefficient (Wildman–Crippen LogP) is 2.94. The van der Waals surface area contributed by atoms with Crippen molar-refractivity contribution in [2.75, 3.05) is 37.7 Å². The zero-order valence-electron chi connectivity index (χ0n) is 13.5. The molecule has 1 saturated heterocycles. The van der Waals surface area contributed by atoms with Gasteiger partial charge < -0.3 is 14.5 Å². The van der Waals surface area contributed by atoms with Crippen LogP contribution >= 0.6 is 0 Å². The van der Waals surface area contributed by atoms with Gasteiger partial charge in [-0.25, -0.2) is 4.39 Å². The average Bonchev–Trinajstić information content (AvgIpc) is 2.64. The van der Waals surface area contributed by atoms with Crippen molar-refractivity contribution >= 4 is 11.6 Å². The molecule has 1 fully saturated rings. The zero-order chi connectivity index (χ0) is 16.8. The summed E-state index contributed by atoms with van der Waals surface area (Å²) in [7, 11) is 0. The van der Waals surface area contributed by atoms with Crippen LogP contribution in [0.3, 0.4) is 0 Å². The smallest absolute Gasteiger partial charge is 0.226 e. The number of anilines is 1. The summed E-state index contributed by atoms with van der Waals surface area (Å²) in [6.45, 7) is 3.24. The Hall–Kier alpha value is -2.56. The number of carbonyl (C=O) groups is 1. The molecule has 126 valence electrons. The number of halogens is 1. The number of rotatable bonds is 5. The van der Waals surface area contributed by atoms with E-state index in [4.69, 9.17) is 4.74 Å². The van der Waals surface area contributed by atoms with Crippen LogP contribution in [0.25, 0.3) is 0 Å². The average molecular weight is 328 g/mol. The summed E-state index contributed by atoms with van der Waals surface area (Å²) in [5, 5.41) is 0. The number of nitrogens with zero attached hydrogens (tertiary/aromatic N) is 2. The van der Waals surface area contributed by atoms with Crippen molar-refractivity contribution in [2.45, 2.75) is 6.42 Å². The summed E-state index contributed by atoms with van der Waals surface area (Å²) < 4.78 is 18.8. The van der Waals surface area contributed by atoms with Crippen molar-refractivity contribution in [2.24, 2.45) is 0 Å². The molecule has 0 atom stereocenters. The van der Waals surface area contributed by atoms with Gasteiger partial charge in [-0.15, -0.1) is 0 Å². The number of hydrogen-bond donors (Lipinski definition) is 0. The fourth-order valence-electron chi connectivity index (χ4n) is 2.82. The maximum atomic E-state index is 13.4. The molecule has 1 aliphatic rings. The molecular weight excluding hydrogens is 307 g/mol. The van der Waals surface area contributed by atoms with E-state index in [0.29, 0.717) is 13.1 Å². The molecule has 4 nitrogen and oxygen atoms in total. The van der Waals surface area contributed by atoms with Crippen molar-refractivity contribution in [3.05, 3.63) is 60.4 Å². The van der Waals surface area contributed by atoms with Crippen LogP contribution in [0, 0.1) is 5.82 Å². The van der Waals surface area contributed by atoms with E-state index < -0.39 is 5.82 Å². The number of amides is 1. The minimum absolute atomic E-state index is 0.0547. The normalized spacial score (nSPS) is 14.5. The Morgan fingerprint density at radius 1 is 0.958 bits per heavy atom. The first-order chi connectivity index (χ1) is 11.7. The van der Waals surface area contributed by atoms with Gasteiger partial charge in [0.05, 0.1) is 13.0 Å². The number of hydrogen-bond acceptors (Lipinski definition) is 3. The van der Waals surface area contributed by atoms with Crippen molar-refractivity contribution in [3.63, 3.8) is 0 Å². The molecule has 0 aliphatic carbocycles. The van der Waals surface area contributed by atoms with Crippen LogP contribution in [-0.2, 0) is 4.79 Å². The van der Waals surface area contributed by atoms with Gasteiger partial charge >= 0.3 is 0 Å². The molecule has 0 radical (unpaired) electrons. The lowest BCUT2D eigenvalue weighted by Crippen LogP contribution is -2.49. The number of ether oxygens (including phenoxy) is 1. The third-order valence-electron chi connectivity index (χ3n) is 4.16. The Bertz CT molecular complexity index is 670. The largest absolute Gasteiger partial charge is 0.490 e. The lowest BCUT2D eigenvalue weighted by atomic mass is 10.2. The van der Waals surface area contributed by atoms with Gasteiger partial charge in [0.1, 0.15) is 0 Å². The molecule has 0 aromatic heterocycles. The monoisotopic (exact) mass is 328 g/mol. The highest BCUT2D eigenvalue weighted by molar-refractivity contribution is 5.76. The van der Waals surface area contributed by atoms with E-state index in [1.165, 1.54) is 11.8 Å². The van der Waals surface area contributed by atoms with Crippen LogP contribution < -0.4 is 9.64 Å². The molecule has 24 heavy (non-hydrogen) atoms. The van der Waals surface area contributed by atoms with E-state index in [-0.39, 0.29) is 24.7 Å². The van der Waals surface area contributed by atoms with Gasteiger partial charge in [-0.2, -0.15) is 0 Å². The first-order valence-corrected chi connectivity index (χ1v) is 8.19. The van der Waals surface area contributed by atoms with Crippen molar-refractivity contribution in [3.8, 4) is 5.75 Å².